The summed E-state index contributed by atoms with van der Waals surface area (Å²) in [6.45, 7) is 2.99. The summed E-state index contributed by atoms with van der Waals surface area (Å²) < 4.78 is 27.3. The fourth-order valence-electron chi connectivity index (χ4n) is 1.75. The van der Waals surface area contributed by atoms with Crippen LogP contribution in [-0.2, 0) is 14.6 Å². The molecule has 1 N–H and O–H groups in total. The van der Waals surface area contributed by atoms with Gasteiger partial charge in [0, 0.05) is 18.3 Å². The third kappa shape index (κ3) is 2.93. The molecule has 0 spiro atoms. The number of aliphatic hydroxyl groups excluding tert-OH is 1. The summed E-state index contributed by atoms with van der Waals surface area (Å²) in [5.74, 6) is 0.245. The van der Waals surface area contributed by atoms with Gasteiger partial charge in [0.15, 0.2) is 0 Å². The molecule has 4 nitrogen and oxygen atoms in total. The van der Waals surface area contributed by atoms with Crippen LogP contribution in [0.1, 0.15) is 13.3 Å². The van der Waals surface area contributed by atoms with Gasteiger partial charge in [-0.05, 0) is 19.3 Å². The summed E-state index contributed by atoms with van der Waals surface area (Å²) in [5.41, 5.74) is -0.279. The number of hydrogen-bond acceptors (Lipinski definition) is 4. The Balaban J connectivity index is 2.46. The van der Waals surface area contributed by atoms with E-state index in [-0.39, 0.29) is 23.7 Å². The van der Waals surface area contributed by atoms with Gasteiger partial charge in [0.2, 0.25) is 0 Å². The lowest BCUT2D eigenvalue weighted by Gasteiger charge is -2.13. The summed E-state index contributed by atoms with van der Waals surface area (Å²) in [4.78, 5) is 0. The van der Waals surface area contributed by atoms with Crippen LogP contribution in [0.4, 0.5) is 0 Å². The Bertz CT molecular complexity index is 285. The van der Waals surface area contributed by atoms with Crippen LogP contribution in [0.15, 0.2) is 0 Å². The van der Waals surface area contributed by atoms with Crippen molar-refractivity contribution in [3.63, 3.8) is 0 Å². The molecular formula is C9H18O4S. The lowest BCUT2D eigenvalue weighted by molar-refractivity contribution is 0.0619. The van der Waals surface area contributed by atoms with Gasteiger partial charge in [-0.3, -0.25) is 0 Å². The average Bonchev–Trinajstić information content (AvgIpc) is 2.73. The highest BCUT2D eigenvalue weighted by atomic mass is 32.2. The third-order valence-electron chi connectivity index (χ3n) is 2.77. The zero-order chi connectivity index (χ0) is 10.8. The summed E-state index contributed by atoms with van der Waals surface area (Å²) in [6, 6.07) is 0. The first-order valence-electron chi connectivity index (χ1n) is 4.80. The zero-order valence-electron chi connectivity index (χ0n) is 8.69. The molecule has 0 aromatic carbocycles. The molecule has 0 heterocycles. The first-order valence-corrected chi connectivity index (χ1v) is 6.86. The maximum atomic E-state index is 11.0. The zero-order valence-corrected chi connectivity index (χ0v) is 9.51. The molecule has 1 aliphatic rings. The van der Waals surface area contributed by atoms with Gasteiger partial charge in [-0.25, -0.2) is 8.42 Å². The first-order chi connectivity index (χ1) is 6.43. The molecule has 5 heteroatoms. The third-order valence-corrected chi connectivity index (χ3v) is 3.78. The molecule has 0 amide bonds. The van der Waals surface area contributed by atoms with E-state index in [0.717, 1.165) is 6.42 Å². The summed E-state index contributed by atoms with van der Waals surface area (Å²) in [7, 11) is -2.93. The normalized spacial score (nSPS) is 31.8. The lowest BCUT2D eigenvalue weighted by atomic mass is 10.1. The summed E-state index contributed by atoms with van der Waals surface area (Å²) in [6.07, 6.45) is 1.99. The van der Waals surface area contributed by atoms with Crippen molar-refractivity contribution < 1.29 is 18.3 Å². The van der Waals surface area contributed by atoms with Crippen molar-refractivity contribution in [2.24, 2.45) is 11.3 Å². The van der Waals surface area contributed by atoms with Gasteiger partial charge in [0.1, 0.15) is 9.84 Å². The van der Waals surface area contributed by atoms with E-state index < -0.39 is 9.84 Å². The van der Waals surface area contributed by atoms with Gasteiger partial charge in [-0.2, -0.15) is 0 Å². The SMILES string of the molecule is CCOCC1(CO)CC1CS(C)(=O)=O. The molecule has 1 rings (SSSR count). The van der Waals surface area contributed by atoms with Crippen molar-refractivity contribution in [3.8, 4) is 0 Å². The second-order valence-corrected chi connectivity index (χ2v) is 6.34. The van der Waals surface area contributed by atoms with Crippen molar-refractivity contribution in [1.29, 1.82) is 0 Å². The molecule has 0 aromatic heterocycles. The van der Waals surface area contributed by atoms with Crippen molar-refractivity contribution in [3.05, 3.63) is 0 Å². The van der Waals surface area contributed by atoms with Crippen LogP contribution in [0, 0.1) is 11.3 Å². The minimum absolute atomic E-state index is 0.0210. The van der Waals surface area contributed by atoms with Gasteiger partial charge >= 0.3 is 0 Å². The molecule has 1 saturated carbocycles. The van der Waals surface area contributed by atoms with E-state index in [0.29, 0.717) is 13.2 Å². The molecule has 0 saturated heterocycles. The Morgan fingerprint density at radius 1 is 1.57 bits per heavy atom. The van der Waals surface area contributed by atoms with Crippen LogP contribution in [0.5, 0.6) is 0 Å². The van der Waals surface area contributed by atoms with E-state index in [2.05, 4.69) is 0 Å². The molecule has 1 aliphatic carbocycles. The van der Waals surface area contributed by atoms with E-state index >= 15 is 0 Å². The van der Waals surface area contributed by atoms with Crippen LogP contribution in [0.25, 0.3) is 0 Å². The standard InChI is InChI=1S/C9H18O4S/c1-3-13-7-9(6-10)4-8(9)5-14(2,11)12/h8,10H,3-7H2,1-2H3. The highest BCUT2D eigenvalue weighted by molar-refractivity contribution is 7.90. The topological polar surface area (TPSA) is 63.6 Å². The predicted octanol–water partition coefficient (Wildman–Crippen LogP) is 0.0661. The Labute approximate surface area is 85.2 Å². The molecule has 0 radical (unpaired) electrons. The second kappa shape index (κ2) is 4.16. The van der Waals surface area contributed by atoms with Crippen molar-refractivity contribution in [2.75, 3.05) is 31.8 Å². The number of sulfone groups is 1. The maximum Gasteiger partial charge on any atom is 0.147 e. The number of ether oxygens (including phenoxy) is 1. The van der Waals surface area contributed by atoms with Crippen LogP contribution < -0.4 is 0 Å². The predicted molar refractivity (Wildman–Crippen MR) is 53.8 cm³/mol. The molecule has 2 unspecified atom stereocenters. The first kappa shape index (κ1) is 11.9. The Hall–Kier alpha value is -0.130. The van der Waals surface area contributed by atoms with E-state index in [1.165, 1.54) is 6.26 Å². The largest absolute Gasteiger partial charge is 0.396 e. The van der Waals surface area contributed by atoms with Gasteiger partial charge in [0.25, 0.3) is 0 Å². The monoisotopic (exact) mass is 222 g/mol. The Morgan fingerprint density at radius 3 is 2.64 bits per heavy atom. The molecule has 2 atom stereocenters. The molecular weight excluding hydrogens is 204 g/mol. The minimum atomic E-state index is -2.93. The second-order valence-electron chi connectivity index (χ2n) is 4.15. The minimum Gasteiger partial charge on any atom is -0.396 e. The van der Waals surface area contributed by atoms with Crippen molar-refractivity contribution in [2.45, 2.75) is 13.3 Å². The van der Waals surface area contributed by atoms with Crippen LogP contribution in [0.3, 0.4) is 0 Å². The molecule has 14 heavy (non-hydrogen) atoms. The van der Waals surface area contributed by atoms with Crippen LogP contribution in [-0.4, -0.2) is 45.4 Å². The van der Waals surface area contributed by atoms with Crippen LogP contribution >= 0.6 is 0 Å². The van der Waals surface area contributed by atoms with E-state index in [1.54, 1.807) is 0 Å². The van der Waals surface area contributed by atoms with E-state index in [1.807, 2.05) is 6.92 Å². The van der Waals surface area contributed by atoms with Gasteiger partial charge in [0.05, 0.1) is 19.0 Å². The Morgan fingerprint density at radius 2 is 2.21 bits per heavy atom. The molecule has 0 aliphatic heterocycles. The maximum absolute atomic E-state index is 11.0. The van der Waals surface area contributed by atoms with E-state index in [4.69, 9.17) is 4.74 Å². The summed E-state index contributed by atoms with van der Waals surface area (Å²) in [5, 5.41) is 9.18. The molecule has 0 bridgehead atoms. The summed E-state index contributed by atoms with van der Waals surface area (Å²) >= 11 is 0. The van der Waals surface area contributed by atoms with Gasteiger partial charge < -0.3 is 9.84 Å². The van der Waals surface area contributed by atoms with E-state index in [9.17, 15) is 13.5 Å². The average molecular weight is 222 g/mol. The van der Waals surface area contributed by atoms with Gasteiger partial charge in [-0.1, -0.05) is 0 Å². The van der Waals surface area contributed by atoms with Crippen molar-refractivity contribution >= 4 is 9.84 Å². The number of rotatable bonds is 6. The number of hydrogen-bond donors (Lipinski definition) is 1. The molecule has 1 fully saturated rings. The highest BCUT2D eigenvalue weighted by Gasteiger charge is 2.54. The van der Waals surface area contributed by atoms with Crippen molar-refractivity contribution in [1.82, 2.24) is 0 Å². The molecule has 84 valence electrons. The number of aliphatic hydroxyl groups is 1. The Kier molecular flexibility index (Phi) is 3.55. The van der Waals surface area contributed by atoms with Gasteiger partial charge in [-0.15, -0.1) is 0 Å². The molecule has 0 aromatic rings. The lowest BCUT2D eigenvalue weighted by Crippen LogP contribution is -2.21. The quantitative estimate of drug-likeness (QED) is 0.690. The fourth-order valence-corrected chi connectivity index (χ4v) is 2.96. The smallest absolute Gasteiger partial charge is 0.147 e. The highest BCUT2D eigenvalue weighted by Crippen LogP contribution is 2.52. The van der Waals surface area contributed by atoms with Crippen LogP contribution in [0.2, 0.25) is 0 Å². The fraction of sp³-hybridized carbons (Fsp3) is 1.00.